The smallest absolute Gasteiger partial charge is 0.242 e. The van der Waals surface area contributed by atoms with E-state index in [1.165, 1.54) is 6.20 Å². The first-order valence-electron chi connectivity index (χ1n) is 5.89. The number of aromatic nitrogens is 2. The Bertz CT molecular complexity index is 453. The zero-order chi connectivity index (χ0) is 13.1. The fourth-order valence-electron chi connectivity index (χ4n) is 2.20. The summed E-state index contributed by atoms with van der Waals surface area (Å²) in [5.41, 5.74) is 5.58. The van der Waals surface area contributed by atoms with Crippen molar-refractivity contribution < 1.29 is 4.79 Å². The van der Waals surface area contributed by atoms with Crippen LogP contribution in [0.1, 0.15) is 19.3 Å². The quantitative estimate of drug-likeness (QED) is 0.830. The minimum atomic E-state index is -0.240. The summed E-state index contributed by atoms with van der Waals surface area (Å²) in [5.74, 6) is 0.677. The van der Waals surface area contributed by atoms with Crippen LogP contribution in [0, 0.1) is 0 Å². The van der Waals surface area contributed by atoms with Gasteiger partial charge in [0.1, 0.15) is 11.1 Å². The highest BCUT2D eigenvalue weighted by Crippen LogP contribution is 2.29. The van der Waals surface area contributed by atoms with Crippen LogP contribution in [0.4, 0.5) is 11.8 Å². The Kier molecular flexibility index (Phi) is 3.86. The highest BCUT2D eigenvalue weighted by atomic mass is 35.5. The number of rotatable bonds is 2. The Morgan fingerprint density at radius 2 is 2.39 bits per heavy atom. The van der Waals surface area contributed by atoms with Gasteiger partial charge in [-0.1, -0.05) is 11.6 Å². The number of nitrogens with zero attached hydrogens (tertiary/aromatic N) is 3. The monoisotopic (exact) mass is 269 g/mol. The van der Waals surface area contributed by atoms with Crippen LogP contribution in [0.2, 0.25) is 5.02 Å². The minimum Gasteiger partial charge on any atom is -0.368 e. The molecule has 1 aromatic heterocycles. The van der Waals surface area contributed by atoms with Crippen LogP contribution in [-0.2, 0) is 4.79 Å². The number of nitrogen functional groups attached to an aromatic ring is 1. The molecule has 1 saturated heterocycles. The second-order valence-corrected chi connectivity index (χ2v) is 4.63. The second kappa shape index (κ2) is 5.39. The zero-order valence-corrected chi connectivity index (χ0v) is 10.9. The van der Waals surface area contributed by atoms with E-state index in [0.29, 0.717) is 10.8 Å². The SMILES string of the molecule is CNC(=O)C1CCCCN1c1nc(N)ncc1Cl. The number of hydrogen-bond donors (Lipinski definition) is 2. The fourth-order valence-corrected chi connectivity index (χ4v) is 2.40. The molecule has 2 rings (SSSR count). The summed E-state index contributed by atoms with van der Waals surface area (Å²) in [6.45, 7) is 0.744. The third kappa shape index (κ3) is 2.48. The standard InChI is InChI=1S/C11H16ClN5O/c1-14-10(18)8-4-2-3-5-17(8)9-7(12)6-15-11(13)16-9/h6,8H,2-5H2,1H3,(H,14,18)(H2,13,15,16). The number of carbonyl (C=O) groups excluding carboxylic acids is 1. The molecule has 18 heavy (non-hydrogen) atoms. The number of hydrogen-bond acceptors (Lipinski definition) is 5. The molecule has 0 radical (unpaired) electrons. The molecule has 0 aromatic carbocycles. The zero-order valence-electron chi connectivity index (χ0n) is 10.2. The first kappa shape index (κ1) is 12.9. The van der Waals surface area contributed by atoms with Crippen LogP contribution < -0.4 is 16.0 Å². The molecular formula is C11H16ClN5O. The van der Waals surface area contributed by atoms with E-state index in [-0.39, 0.29) is 17.9 Å². The van der Waals surface area contributed by atoms with Crippen molar-refractivity contribution in [3.63, 3.8) is 0 Å². The summed E-state index contributed by atoms with van der Waals surface area (Å²) in [4.78, 5) is 21.8. The fraction of sp³-hybridized carbons (Fsp3) is 0.545. The molecule has 3 N–H and O–H groups in total. The van der Waals surface area contributed by atoms with Crippen LogP contribution in [0.3, 0.4) is 0 Å². The van der Waals surface area contributed by atoms with Gasteiger partial charge in [0.05, 0.1) is 6.20 Å². The summed E-state index contributed by atoms with van der Waals surface area (Å²) in [7, 11) is 1.63. The van der Waals surface area contributed by atoms with Gasteiger partial charge >= 0.3 is 0 Å². The molecule has 7 heteroatoms. The van der Waals surface area contributed by atoms with Crippen LogP contribution >= 0.6 is 11.6 Å². The van der Waals surface area contributed by atoms with Crippen molar-refractivity contribution in [3.8, 4) is 0 Å². The van der Waals surface area contributed by atoms with Gasteiger partial charge in [0.15, 0.2) is 5.82 Å². The number of piperidine rings is 1. The number of carbonyl (C=O) groups is 1. The van der Waals surface area contributed by atoms with Crippen molar-refractivity contribution in [2.75, 3.05) is 24.2 Å². The van der Waals surface area contributed by atoms with Crippen molar-refractivity contribution in [2.24, 2.45) is 0 Å². The van der Waals surface area contributed by atoms with Crippen LogP contribution in [-0.4, -0.2) is 35.5 Å². The topological polar surface area (TPSA) is 84.1 Å². The van der Waals surface area contributed by atoms with E-state index in [4.69, 9.17) is 17.3 Å². The minimum absolute atomic E-state index is 0.0250. The van der Waals surface area contributed by atoms with E-state index in [2.05, 4.69) is 15.3 Å². The third-order valence-corrected chi connectivity index (χ3v) is 3.33. The van der Waals surface area contributed by atoms with Crippen molar-refractivity contribution >= 4 is 29.3 Å². The molecule has 1 fully saturated rings. The molecule has 1 aliphatic rings. The molecule has 0 saturated carbocycles. The molecule has 98 valence electrons. The molecule has 1 aromatic rings. The van der Waals surface area contributed by atoms with E-state index in [0.717, 1.165) is 25.8 Å². The predicted octanol–water partition coefficient (Wildman–Crippen LogP) is 0.817. The molecule has 0 aliphatic carbocycles. The van der Waals surface area contributed by atoms with Gasteiger partial charge in [0.25, 0.3) is 0 Å². The van der Waals surface area contributed by atoms with E-state index in [9.17, 15) is 4.79 Å². The number of halogens is 1. The lowest BCUT2D eigenvalue weighted by atomic mass is 10.0. The van der Waals surface area contributed by atoms with E-state index in [1.54, 1.807) is 7.05 Å². The number of anilines is 2. The van der Waals surface area contributed by atoms with Crippen LogP contribution in [0.15, 0.2) is 6.20 Å². The van der Waals surface area contributed by atoms with Gasteiger partial charge in [0, 0.05) is 13.6 Å². The van der Waals surface area contributed by atoms with Crippen molar-refractivity contribution in [1.29, 1.82) is 0 Å². The summed E-state index contributed by atoms with van der Waals surface area (Å²) in [6.07, 6.45) is 4.29. The molecule has 0 spiro atoms. The Balaban J connectivity index is 2.33. The summed E-state index contributed by atoms with van der Waals surface area (Å²) < 4.78 is 0. The number of likely N-dealkylation sites (N-methyl/N-ethyl adjacent to an activating group) is 1. The Hall–Kier alpha value is -1.56. The molecule has 1 atom stereocenters. The summed E-state index contributed by atoms with van der Waals surface area (Å²) in [6, 6.07) is -0.240. The Morgan fingerprint density at radius 3 is 3.11 bits per heavy atom. The van der Waals surface area contributed by atoms with E-state index >= 15 is 0 Å². The lowest BCUT2D eigenvalue weighted by Gasteiger charge is -2.35. The normalized spacial score (nSPS) is 19.7. The van der Waals surface area contributed by atoms with Gasteiger partial charge in [-0.3, -0.25) is 4.79 Å². The van der Waals surface area contributed by atoms with E-state index < -0.39 is 0 Å². The highest BCUT2D eigenvalue weighted by Gasteiger charge is 2.30. The highest BCUT2D eigenvalue weighted by molar-refractivity contribution is 6.32. The summed E-state index contributed by atoms with van der Waals surface area (Å²) in [5, 5.41) is 3.09. The average molecular weight is 270 g/mol. The number of nitrogens with one attached hydrogen (secondary N) is 1. The number of nitrogens with two attached hydrogens (primary N) is 1. The van der Waals surface area contributed by atoms with Gasteiger partial charge in [-0.15, -0.1) is 0 Å². The Labute approximate surface area is 111 Å². The van der Waals surface area contributed by atoms with Gasteiger partial charge in [-0.25, -0.2) is 4.98 Å². The maximum Gasteiger partial charge on any atom is 0.242 e. The molecule has 2 heterocycles. The van der Waals surface area contributed by atoms with E-state index in [1.807, 2.05) is 4.90 Å². The van der Waals surface area contributed by atoms with Crippen molar-refractivity contribution in [2.45, 2.75) is 25.3 Å². The summed E-state index contributed by atoms with van der Waals surface area (Å²) >= 11 is 6.09. The molecule has 1 unspecified atom stereocenters. The maximum atomic E-state index is 11.9. The van der Waals surface area contributed by atoms with Crippen LogP contribution in [0.25, 0.3) is 0 Å². The average Bonchev–Trinajstić information content (AvgIpc) is 2.40. The first-order chi connectivity index (χ1) is 8.63. The van der Waals surface area contributed by atoms with Crippen molar-refractivity contribution in [3.05, 3.63) is 11.2 Å². The van der Waals surface area contributed by atoms with Gasteiger partial charge in [0.2, 0.25) is 11.9 Å². The lowest BCUT2D eigenvalue weighted by Crippen LogP contribution is -2.49. The number of amides is 1. The lowest BCUT2D eigenvalue weighted by molar-refractivity contribution is -0.122. The molecule has 6 nitrogen and oxygen atoms in total. The largest absolute Gasteiger partial charge is 0.368 e. The van der Waals surface area contributed by atoms with Crippen molar-refractivity contribution in [1.82, 2.24) is 15.3 Å². The van der Waals surface area contributed by atoms with Gasteiger partial charge < -0.3 is 16.0 Å². The molecule has 0 bridgehead atoms. The van der Waals surface area contributed by atoms with Gasteiger partial charge in [-0.2, -0.15) is 4.98 Å². The predicted molar refractivity (Wildman–Crippen MR) is 70.5 cm³/mol. The molecular weight excluding hydrogens is 254 g/mol. The first-order valence-corrected chi connectivity index (χ1v) is 6.27. The molecule has 1 amide bonds. The third-order valence-electron chi connectivity index (χ3n) is 3.07. The maximum absolute atomic E-state index is 11.9. The van der Waals surface area contributed by atoms with Gasteiger partial charge in [-0.05, 0) is 19.3 Å². The molecule has 1 aliphatic heterocycles. The second-order valence-electron chi connectivity index (χ2n) is 4.22. The van der Waals surface area contributed by atoms with Crippen LogP contribution in [0.5, 0.6) is 0 Å². The Morgan fingerprint density at radius 1 is 1.61 bits per heavy atom.